The maximum atomic E-state index is 15.1. The van der Waals surface area contributed by atoms with Crippen molar-refractivity contribution in [1.82, 2.24) is 0 Å². The third-order valence-electron chi connectivity index (χ3n) is 4.65. The average Bonchev–Trinajstić information content (AvgIpc) is 2.85. The number of methoxy groups -OCH3 is 1. The Kier molecular flexibility index (Phi) is 7.56. The molecule has 7 nitrogen and oxygen atoms in total. The molecule has 0 unspecified atom stereocenters. The highest BCUT2D eigenvalue weighted by Crippen LogP contribution is 2.37. The molecule has 34 heavy (non-hydrogen) atoms. The van der Waals surface area contributed by atoms with E-state index in [1.165, 1.54) is 31.4 Å². The topological polar surface area (TPSA) is 88.1 Å². The van der Waals surface area contributed by atoms with Crippen molar-refractivity contribution in [3.8, 4) is 45.3 Å². The van der Waals surface area contributed by atoms with Crippen LogP contribution >= 0.6 is 0 Å². The van der Waals surface area contributed by atoms with Crippen LogP contribution in [-0.4, -0.2) is 25.5 Å². The molecule has 0 saturated carbocycles. The molecule has 172 valence electrons. The van der Waals surface area contributed by atoms with Gasteiger partial charge in [0.05, 0.1) is 7.11 Å². The first-order valence-corrected chi connectivity index (χ1v) is 9.81. The zero-order chi connectivity index (χ0) is 24.7. The molecule has 0 saturated heterocycles. The van der Waals surface area contributed by atoms with Crippen LogP contribution in [0.1, 0.15) is 0 Å². The molecule has 3 aromatic carbocycles. The van der Waals surface area contributed by atoms with Crippen molar-refractivity contribution >= 4 is 18.4 Å². The second kappa shape index (κ2) is 10.7. The number of esters is 2. The molecule has 0 spiro atoms. The summed E-state index contributed by atoms with van der Waals surface area (Å²) < 4.78 is 35.4. The molecule has 0 atom stereocenters. The third-order valence-corrected chi connectivity index (χ3v) is 4.65. The van der Waals surface area contributed by atoms with Gasteiger partial charge in [0, 0.05) is 17.7 Å². The van der Waals surface area contributed by atoms with Gasteiger partial charge in [-0.15, -0.1) is 0 Å². The fraction of sp³-hybridized carbons (Fsp3) is 0.0385. The molecule has 3 aromatic rings. The number of halogens is 1. The Labute approximate surface area is 194 Å². The van der Waals surface area contributed by atoms with Gasteiger partial charge >= 0.3 is 11.9 Å². The summed E-state index contributed by atoms with van der Waals surface area (Å²) in [6, 6.07) is 13.6. The van der Waals surface area contributed by atoms with Gasteiger partial charge < -0.3 is 18.9 Å². The SMILES string of the molecule is C=CC(=O)Oc1ccc(-c2ccc(-c3ccc(OC)c(OC=O)c3)cc2F)cc1OC(=O)C=C. The van der Waals surface area contributed by atoms with E-state index in [1.54, 1.807) is 30.3 Å². The quantitative estimate of drug-likeness (QED) is 0.194. The number of carbonyl (C=O) groups excluding carboxylic acids is 3. The highest BCUT2D eigenvalue weighted by Gasteiger charge is 2.16. The average molecular weight is 462 g/mol. The van der Waals surface area contributed by atoms with E-state index >= 15 is 4.39 Å². The molecule has 0 heterocycles. The molecule has 0 aliphatic carbocycles. The molecule has 0 radical (unpaired) electrons. The minimum Gasteiger partial charge on any atom is -0.493 e. The van der Waals surface area contributed by atoms with E-state index in [9.17, 15) is 14.4 Å². The standard InChI is InChI=1S/C26H19FO7/c1-4-25(29)33-22-11-8-18(14-24(22)34-26(30)5-2)19-9-6-16(12-20(19)27)17-7-10-21(31-3)23(13-17)32-15-28/h4-15H,1-2H2,3H3. The Morgan fingerprint density at radius 1 is 0.765 bits per heavy atom. The molecule has 0 aliphatic rings. The van der Waals surface area contributed by atoms with Gasteiger partial charge in [-0.25, -0.2) is 14.0 Å². The lowest BCUT2D eigenvalue weighted by atomic mass is 9.99. The Hall–Kier alpha value is -4.72. The van der Waals surface area contributed by atoms with Crippen LogP contribution in [0.5, 0.6) is 23.0 Å². The van der Waals surface area contributed by atoms with Crippen LogP contribution in [0.15, 0.2) is 79.9 Å². The number of ether oxygens (including phenoxy) is 4. The summed E-state index contributed by atoms with van der Waals surface area (Å²) in [5.41, 5.74) is 1.69. The van der Waals surface area contributed by atoms with Crippen molar-refractivity contribution in [1.29, 1.82) is 0 Å². The van der Waals surface area contributed by atoms with Crippen molar-refractivity contribution in [2.24, 2.45) is 0 Å². The second-order valence-electron chi connectivity index (χ2n) is 6.69. The first-order valence-electron chi connectivity index (χ1n) is 9.81. The minimum absolute atomic E-state index is 0.0400. The van der Waals surface area contributed by atoms with E-state index in [0.29, 0.717) is 22.4 Å². The van der Waals surface area contributed by atoms with Crippen LogP contribution in [0.2, 0.25) is 0 Å². The number of benzene rings is 3. The molecule has 0 aromatic heterocycles. The molecular formula is C26H19FO7. The van der Waals surface area contributed by atoms with Gasteiger partial charge in [0.1, 0.15) is 5.82 Å². The first-order chi connectivity index (χ1) is 16.4. The van der Waals surface area contributed by atoms with Crippen molar-refractivity contribution in [3.05, 3.63) is 85.7 Å². The van der Waals surface area contributed by atoms with E-state index in [2.05, 4.69) is 13.2 Å². The molecule has 0 aliphatic heterocycles. The summed E-state index contributed by atoms with van der Waals surface area (Å²) in [7, 11) is 1.44. The van der Waals surface area contributed by atoms with Crippen LogP contribution in [0.3, 0.4) is 0 Å². The molecule has 0 fully saturated rings. The molecule has 0 N–H and O–H groups in total. The lowest BCUT2D eigenvalue weighted by Crippen LogP contribution is -2.08. The lowest BCUT2D eigenvalue weighted by Gasteiger charge is -2.13. The molecule has 0 amide bonds. The van der Waals surface area contributed by atoms with Gasteiger partial charge in [0.25, 0.3) is 6.47 Å². The fourth-order valence-corrected chi connectivity index (χ4v) is 3.07. The molecule has 0 bridgehead atoms. The normalized spacial score (nSPS) is 10.1. The number of hydrogen-bond acceptors (Lipinski definition) is 7. The van der Waals surface area contributed by atoms with E-state index in [-0.39, 0.29) is 29.3 Å². The van der Waals surface area contributed by atoms with E-state index in [0.717, 1.165) is 12.2 Å². The monoisotopic (exact) mass is 462 g/mol. The smallest absolute Gasteiger partial charge is 0.335 e. The highest BCUT2D eigenvalue weighted by molar-refractivity contribution is 5.87. The summed E-state index contributed by atoms with van der Waals surface area (Å²) in [6.45, 7) is 6.93. The van der Waals surface area contributed by atoms with Gasteiger partial charge in [-0.1, -0.05) is 37.4 Å². The predicted octanol–water partition coefficient (Wildman–Crippen LogP) is 4.89. The lowest BCUT2D eigenvalue weighted by molar-refractivity contribution is -0.131. The Balaban J connectivity index is 2.00. The third kappa shape index (κ3) is 5.36. The fourth-order valence-electron chi connectivity index (χ4n) is 3.07. The van der Waals surface area contributed by atoms with Crippen LogP contribution in [0.4, 0.5) is 4.39 Å². The zero-order valence-electron chi connectivity index (χ0n) is 18.1. The maximum Gasteiger partial charge on any atom is 0.335 e. The van der Waals surface area contributed by atoms with Crippen molar-refractivity contribution in [2.75, 3.05) is 7.11 Å². The van der Waals surface area contributed by atoms with E-state index in [1.807, 2.05) is 0 Å². The largest absolute Gasteiger partial charge is 0.493 e. The predicted molar refractivity (Wildman–Crippen MR) is 122 cm³/mol. The summed E-state index contributed by atoms with van der Waals surface area (Å²) in [5.74, 6) is -1.69. The Morgan fingerprint density at radius 2 is 1.32 bits per heavy atom. The zero-order valence-corrected chi connectivity index (χ0v) is 18.1. The van der Waals surface area contributed by atoms with Crippen LogP contribution in [0, 0.1) is 5.82 Å². The van der Waals surface area contributed by atoms with Crippen molar-refractivity contribution < 1.29 is 37.7 Å². The number of carbonyl (C=O) groups is 3. The van der Waals surface area contributed by atoms with Crippen LogP contribution in [0.25, 0.3) is 22.3 Å². The van der Waals surface area contributed by atoms with Gasteiger partial charge in [-0.05, 0) is 47.0 Å². The highest BCUT2D eigenvalue weighted by atomic mass is 19.1. The van der Waals surface area contributed by atoms with Crippen molar-refractivity contribution in [2.45, 2.75) is 0 Å². The summed E-state index contributed by atoms with van der Waals surface area (Å²) in [6.07, 6.45) is 1.90. The summed E-state index contributed by atoms with van der Waals surface area (Å²) in [5, 5.41) is 0. The summed E-state index contributed by atoms with van der Waals surface area (Å²) >= 11 is 0. The number of rotatable bonds is 9. The molecule has 8 heteroatoms. The van der Waals surface area contributed by atoms with Gasteiger partial charge in [-0.2, -0.15) is 0 Å². The van der Waals surface area contributed by atoms with Gasteiger partial charge in [0.15, 0.2) is 23.0 Å². The maximum absolute atomic E-state index is 15.1. The van der Waals surface area contributed by atoms with Crippen molar-refractivity contribution in [3.63, 3.8) is 0 Å². The Morgan fingerprint density at radius 3 is 1.94 bits per heavy atom. The minimum atomic E-state index is -0.781. The van der Waals surface area contributed by atoms with Crippen LogP contribution in [-0.2, 0) is 14.4 Å². The Bertz CT molecular complexity index is 1280. The summed E-state index contributed by atoms with van der Waals surface area (Å²) in [4.78, 5) is 34.0. The second-order valence-corrected chi connectivity index (χ2v) is 6.69. The van der Waals surface area contributed by atoms with E-state index in [4.69, 9.17) is 18.9 Å². The first kappa shape index (κ1) is 23.9. The van der Waals surface area contributed by atoms with Crippen LogP contribution < -0.4 is 18.9 Å². The number of hydrogen-bond donors (Lipinski definition) is 0. The van der Waals surface area contributed by atoms with E-state index < -0.39 is 17.8 Å². The van der Waals surface area contributed by atoms with Gasteiger partial charge in [-0.3, -0.25) is 4.79 Å². The molecular weight excluding hydrogens is 443 g/mol. The van der Waals surface area contributed by atoms with Gasteiger partial charge in [0.2, 0.25) is 0 Å². The molecule has 3 rings (SSSR count).